The van der Waals surface area contributed by atoms with Crippen LogP contribution in [0.2, 0.25) is 0 Å². The molecule has 0 aliphatic carbocycles. The second-order valence-corrected chi connectivity index (χ2v) is 4.91. The summed E-state index contributed by atoms with van der Waals surface area (Å²) in [6, 6.07) is 8.11. The van der Waals surface area contributed by atoms with Crippen molar-refractivity contribution < 1.29 is 9.53 Å². The predicted octanol–water partition coefficient (Wildman–Crippen LogP) is 2.86. The molecular weight excluding hydrogens is 266 g/mol. The fraction of sp³-hybridized carbons (Fsp3) is 0.562. The van der Waals surface area contributed by atoms with Gasteiger partial charge in [0.1, 0.15) is 0 Å². The summed E-state index contributed by atoms with van der Waals surface area (Å²) in [7, 11) is 1.64. The standard InChI is InChI=1S/C16H27N3O2/c1-5-17-13(3)14-8-7-9-15(12-14)18-16(20)19(6-2)10-11-21-4/h7-9,12-13,17H,5-6,10-11H2,1-4H3,(H,18,20). The SMILES string of the molecule is CCNC(C)c1cccc(NC(=O)N(CC)CCOC)c1. The zero-order valence-electron chi connectivity index (χ0n) is 13.5. The highest BCUT2D eigenvalue weighted by molar-refractivity contribution is 5.89. The number of amides is 2. The van der Waals surface area contributed by atoms with Gasteiger partial charge in [0.25, 0.3) is 0 Å². The van der Waals surface area contributed by atoms with Crippen LogP contribution in [0.25, 0.3) is 0 Å². The Bertz CT molecular complexity index is 437. The molecule has 1 aromatic rings. The minimum Gasteiger partial charge on any atom is -0.383 e. The van der Waals surface area contributed by atoms with Crippen LogP contribution in [-0.2, 0) is 4.74 Å². The van der Waals surface area contributed by atoms with Gasteiger partial charge in [-0.25, -0.2) is 4.79 Å². The molecule has 21 heavy (non-hydrogen) atoms. The number of urea groups is 1. The summed E-state index contributed by atoms with van der Waals surface area (Å²) in [5.74, 6) is 0. The average Bonchev–Trinajstić information content (AvgIpc) is 2.48. The lowest BCUT2D eigenvalue weighted by Gasteiger charge is -2.21. The summed E-state index contributed by atoms with van der Waals surface area (Å²) >= 11 is 0. The highest BCUT2D eigenvalue weighted by atomic mass is 16.5. The van der Waals surface area contributed by atoms with E-state index in [2.05, 4.69) is 30.5 Å². The Balaban J connectivity index is 2.69. The van der Waals surface area contributed by atoms with E-state index in [1.165, 1.54) is 0 Å². The summed E-state index contributed by atoms with van der Waals surface area (Å²) < 4.78 is 5.02. The topological polar surface area (TPSA) is 53.6 Å². The Morgan fingerprint density at radius 2 is 2.14 bits per heavy atom. The molecule has 1 atom stereocenters. The Labute approximate surface area is 127 Å². The van der Waals surface area contributed by atoms with Crippen LogP contribution in [0.5, 0.6) is 0 Å². The fourth-order valence-corrected chi connectivity index (χ4v) is 2.12. The Morgan fingerprint density at radius 3 is 2.76 bits per heavy atom. The number of likely N-dealkylation sites (N-methyl/N-ethyl adjacent to an activating group) is 1. The van der Waals surface area contributed by atoms with Crippen molar-refractivity contribution in [3.63, 3.8) is 0 Å². The van der Waals surface area contributed by atoms with Gasteiger partial charge in [-0.1, -0.05) is 19.1 Å². The molecule has 0 bridgehead atoms. The maximum absolute atomic E-state index is 12.2. The lowest BCUT2D eigenvalue weighted by atomic mass is 10.1. The van der Waals surface area contributed by atoms with Gasteiger partial charge in [-0.2, -0.15) is 0 Å². The number of rotatable bonds is 8. The first-order chi connectivity index (χ1) is 10.1. The Morgan fingerprint density at radius 1 is 1.38 bits per heavy atom. The Kier molecular flexibility index (Phi) is 7.79. The molecule has 0 spiro atoms. The van der Waals surface area contributed by atoms with Gasteiger partial charge in [-0.3, -0.25) is 0 Å². The van der Waals surface area contributed by atoms with Crippen LogP contribution in [0.15, 0.2) is 24.3 Å². The number of anilines is 1. The molecule has 0 aliphatic rings. The lowest BCUT2D eigenvalue weighted by molar-refractivity contribution is 0.157. The van der Waals surface area contributed by atoms with Crippen molar-refractivity contribution in [1.82, 2.24) is 10.2 Å². The van der Waals surface area contributed by atoms with E-state index >= 15 is 0 Å². The number of nitrogens with zero attached hydrogens (tertiary/aromatic N) is 1. The van der Waals surface area contributed by atoms with Crippen molar-refractivity contribution in [2.75, 3.05) is 38.7 Å². The van der Waals surface area contributed by atoms with Gasteiger partial charge in [-0.15, -0.1) is 0 Å². The third-order valence-electron chi connectivity index (χ3n) is 3.38. The molecule has 0 saturated heterocycles. The van der Waals surface area contributed by atoms with Crippen LogP contribution in [0, 0.1) is 0 Å². The number of benzene rings is 1. The first kappa shape index (κ1) is 17.5. The van der Waals surface area contributed by atoms with Gasteiger partial charge >= 0.3 is 6.03 Å². The maximum Gasteiger partial charge on any atom is 0.321 e. The van der Waals surface area contributed by atoms with E-state index < -0.39 is 0 Å². The van der Waals surface area contributed by atoms with Crippen molar-refractivity contribution in [2.45, 2.75) is 26.8 Å². The third-order valence-corrected chi connectivity index (χ3v) is 3.38. The number of ether oxygens (including phenoxy) is 1. The molecule has 0 radical (unpaired) electrons. The summed E-state index contributed by atoms with van der Waals surface area (Å²) in [4.78, 5) is 13.9. The largest absolute Gasteiger partial charge is 0.383 e. The molecule has 0 aromatic heterocycles. The van der Waals surface area contributed by atoms with Gasteiger partial charge in [-0.05, 0) is 38.1 Å². The zero-order chi connectivity index (χ0) is 15.7. The second kappa shape index (κ2) is 9.37. The van der Waals surface area contributed by atoms with Crippen molar-refractivity contribution in [1.29, 1.82) is 0 Å². The minimum atomic E-state index is -0.0946. The van der Waals surface area contributed by atoms with Crippen LogP contribution in [0.3, 0.4) is 0 Å². The maximum atomic E-state index is 12.2. The van der Waals surface area contributed by atoms with Crippen molar-refractivity contribution in [2.24, 2.45) is 0 Å². The molecule has 1 rings (SSSR count). The monoisotopic (exact) mass is 293 g/mol. The van der Waals surface area contributed by atoms with Crippen LogP contribution < -0.4 is 10.6 Å². The predicted molar refractivity (Wildman–Crippen MR) is 86.7 cm³/mol. The number of hydrogen-bond acceptors (Lipinski definition) is 3. The summed E-state index contributed by atoms with van der Waals surface area (Å²) in [6.07, 6.45) is 0. The highest BCUT2D eigenvalue weighted by Gasteiger charge is 2.12. The zero-order valence-corrected chi connectivity index (χ0v) is 13.5. The van der Waals surface area contributed by atoms with Crippen LogP contribution in [-0.4, -0.2) is 44.3 Å². The highest BCUT2D eigenvalue weighted by Crippen LogP contribution is 2.17. The molecule has 5 heteroatoms. The van der Waals surface area contributed by atoms with E-state index in [1.807, 2.05) is 25.1 Å². The number of carbonyl (C=O) groups is 1. The van der Waals surface area contributed by atoms with Gasteiger partial charge in [0, 0.05) is 31.9 Å². The third kappa shape index (κ3) is 5.73. The molecular formula is C16H27N3O2. The van der Waals surface area contributed by atoms with E-state index in [-0.39, 0.29) is 12.1 Å². The number of methoxy groups -OCH3 is 1. The van der Waals surface area contributed by atoms with Gasteiger partial charge in [0.2, 0.25) is 0 Å². The van der Waals surface area contributed by atoms with Gasteiger partial charge in [0.05, 0.1) is 6.61 Å². The van der Waals surface area contributed by atoms with Crippen LogP contribution in [0.1, 0.15) is 32.4 Å². The molecule has 0 fully saturated rings. The molecule has 118 valence electrons. The van der Waals surface area contributed by atoms with Crippen LogP contribution >= 0.6 is 0 Å². The van der Waals surface area contributed by atoms with Crippen molar-refractivity contribution in [3.8, 4) is 0 Å². The lowest BCUT2D eigenvalue weighted by Crippen LogP contribution is -2.37. The van der Waals surface area contributed by atoms with Gasteiger partial charge < -0.3 is 20.3 Å². The number of hydrogen-bond donors (Lipinski definition) is 2. The van der Waals surface area contributed by atoms with E-state index in [1.54, 1.807) is 12.0 Å². The Hall–Kier alpha value is -1.59. The molecule has 5 nitrogen and oxygen atoms in total. The van der Waals surface area contributed by atoms with E-state index in [4.69, 9.17) is 4.74 Å². The van der Waals surface area contributed by atoms with E-state index in [0.29, 0.717) is 19.7 Å². The van der Waals surface area contributed by atoms with E-state index in [9.17, 15) is 4.79 Å². The van der Waals surface area contributed by atoms with Crippen molar-refractivity contribution >= 4 is 11.7 Å². The van der Waals surface area contributed by atoms with Crippen molar-refractivity contribution in [3.05, 3.63) is 29.8 Å². The second-order valence-electron chi connectivity index (χ2n) is 4.91. The molecule has 2 N–H and O–H groups in total. The normalized spacial score (nSPS) is 12.0. The molecule has 1 aromatic carbocycles. The smallest absolute Gasteiger partial charge is 0.321 e. The van der Waals surface area contributed by atoms with Crippen LogP contribution in [0.4, 0.5) is 10.5 Å². The number of nitrogens with one attached hydrogen (secondary N) is 2. The van der Waals surface area contributed by atoms with Gasteiger partial charge in [0.15, 0.2) is 0 Å². The fourth-order valence-electron chi connectivity index (χ4n) is 2.12. The molecule has 0 saturated carbocycles. The first-order valence-corrected chi connectivity index (χ1v) is 7.50. The summed E-state index contributed by atoms with van der Waals surface area (Å²) in [6.45, 7) is 8.85. The van der Waals surface area contributed by atoms with E-state index in [0.717, 1.165) is 17.8 Å². The summed E-state index contributed by atoms with van der Waals surface area (Å²) in [5, 5.41) is 6.31. The molecule has 0 heterocycles. The minimum absolute atomic E-state index is 0.0946. The number of carbonyl (C=O) groups excluding carboxylic acids is 1. The molecule has 0 aliphatic heterocycles. The summed E-state index contributed by atoms with van der Waals surface area (Å²) in [5.41, 5.74) is 1.98. The average molecular weight is 293 g/mol. The quantitative estimate of drug-likeness (QED) is 0.775. The molecule has 1 unspecified atom stereocenters. The molecule has 2 amide bonds. The first-order valence-electron chi connectivity index (χ1n) is 7.50.